The summed E-state index contributed by atoms with van der Waals surface area (Å²) in [6, 6.07) is 14.6. The third kappa shape index (κ3) is 2.75. The van der Waals surface area contributed by atoms with Crippen LogP contribution in [0.5, 0.6) is 0 Å². The Hall–Kier alpha value is -0.980. The number of fused-ring (bicyclic) bond motifs is 8. The predicted octanol–water partition coefficient (Wildman–Crippen LogP) is 9.34. The zero-order valence-electron chi connectivity index (χ0n) is 21.8. The van der Waals surface area contributed by atoms with Gasteiger partial charge in [0.2, 0.25) is 0 Å². The molecule has 2 heteroatoms. The Balaban J connectivity index is 1.93. The van der Waals surface area contributed by atoms with Crippen molar-refractivity contribution in [3.63, 3.8) is 0 Å². The Labute approximate surface area is 201 Å². The molecule has 0 aromatic heterocycles. The molecule has 0 saturated carbocycles. The Morgan fingerprint density at radius 2 is 1.06 bits per heavy atom. The summed E-state index contributed by atoms with van der Waals surface area (Å²) in [4.78, 5) is 0. The van der Waals surface area contributed by atoms with Gasteiger partial charge in [0.1, 0.15) is 0 Å². The SMILES string of the molecule is CC1=C2c3c(C(C)C)cccc3[CH]1[Zr]([CH3])([CH3])[CH]1C(C)=C(c3c(C(C)C)cccc31)[Si]2(C)C. The minimum atomic E-state index is -2.71. The summed E-state index contributed by atoms with van der Waals surface area (Å²) in [6.45, 7) is 20.0. The quantitative estimate of drug-likeness (QED) is 0.347. The second-order valence-corrected chi connectivity index (χ2v) is 28.4. The molecule has 0 nitrogen and oxygen atoms in total. The summed E-state index contributed by atoms with van der Waals surface area (Å²) in [6.07, 6.45) is 0. The van der Waals surface area contributed by atoms with Crippen LogP contribution in [0, 0.1) is 0 Å². The summed E-state index contributed by atoms with van der Waals surface area (Å²) in [5.41, 5.74) is 13.5. The van der Waals surface area contributed by atoms with Crippen molar-refractivity contribution in [1.82, 2.24) is 0 Å². The Bertz CT molecular complexity index is 1110. The second kappa shape index (κ2) is 7.26. The van der Waals surface area contributed by atoms with E-state index in [1.807, 2.05) is 0 Å². The first-order chi connectivity index (χ1) is 14.9. The van der Waals surface area contributed by atoms with Gasteiger partial charge in [-0.2, -0.15) is 0 Å². The van der Waals surface area contributed by atoms with Crippen LogP contribution in [0.15, 0.2) is 47.5 Å². The van der Waals surface area contributed by atoms with Crippen LogP contribution in [0.25, 0.3) is 10.4 Å². The normalized spacial score (nSPS) is 24.8. The van der Waals surface area contributed by atoms with Crippen LogP contribution in [-0.4, -0.2) is 8.07 Å². The molecule has 0 fully saturated rings. The first-order valence-electron chi connectivity index (χ1n) is 12.6. The molecule has 0 radical (unpaired) electrons. The van der Waals surface area contributed by atoms with Gasteiger partial charge in [-0.05, 0) is 0 Å². The molecule has 1 aliphatic heterocycles. The summed E-state index contributed by atoms with van der Waals surface area (Å²) in [5, 5.41) is 3.59. The first kappa shape index (κ1) is 22.8. The fourth-order valence-corrected chi connectivity index (χ4v) is 25.4. The van der Waals surface area contributed by atoms with E-state index in [9.17, 15) is 0 Å². The number of allylic oxidation sites excluding steroid dienone is 2. The van der Waals surface area contributed by atoms with Gasteiger partial charge in [-0.25, -0.2) is 0 Å². The molecule has 2 aliphatic carbocycles. The molecule has 0 spiro atoms. The van der Waals surface area contributed by atoms with Crippen LogP contribution < -0.4 is 0 Å². The topological polar surface area (TPSA) is 0 Å². The van der Waals surface area contributed by atoms with Gasteiger partial charge in [0, 0.05) is 0 Å². The van der Waals surface area contributed by atoms with E-state index in [2.05, 4.69) is 100 Å². The van der Waals surface area contributed by atoms with E-state index in [0.29, 0.717) is 19.1 Å². The van der Waals surface area contributed by atoms with Gasteiger partial charge >= 0.3 is 203 Å². The fraction of sp³-hybridized carbons (Fsp3) is 0.467. The van der Waals surface area contributed by atoms with E-state index in [4.69, 9.17) is 0 Å². The van der Waals surface area contributed by atoms with Crippen molar-refractivity contribution in [3.8, 4) is 0 Å². The summed E-state index contributed by atoms with van der Waals surface area (Å²) >= 11 is -2.71. The molecule has 0 N–H and O–H groups in total. The molecular formula is C30H40SiZr. The van der Waals surface area contributed by atoms with E-state index < -0.39 is 28.3 Å². The number of hydrogen-bond acceptors (Lipinski definition) is 0. The van der Waals surface area contributed by atoms with Gasteiger partial charge in [0.15, 0.2) is 0 Å². The molecule has 168 valence electrons. The van der Waals surface area contributed by atoms with Crippen LogP contribution in [0.4, 0.5) is 0 Å². The van der Waals surface area contributed by atoms with Crippen molar-refractivity contribution in [2.24, 2.45) is 0 Å². The third-order valence-electron chi connectivity index (χ3n) is 9.02. The molecule has 2 atom stereocenters. The maximum absolute atomic E-state index is 2.76. The van der Waals surface area contributed by atoms with Crippen LogP contribution in [0.1, 0.15) is 94.0 Å². The summed E-state index contributed by atoms with van der Waals surface area (Å²) in [5.74, 6) is 1.14. The standard InChI is InChI=1S/C28H34Si.2CH3.Zr/c1-17(2)23-13-9-11-21-15-19(5)27(25(21)23)29(7,8)28-20(6)16-22-12-10-14-24(18(3)4)26(22)28;;;/h9-18H,1-8H3;2*1H3;. The Kier molecular flexibility index (Phi) is 5.17. The predicted molar refractivity (Wildman–Crippen MR) is 141 cm³/mol. The number of rotatable bonds is 2. The van der Waals surface area contributed by atoms with E-state index in [0.717, 1.165) is 0 Å². The monoisotopic (exact) mass is 518 g/mol. The average Bonchev–Trinajstić information content (AvgIpc) is 3.18. The zero-order valence-corrected chi connectivity index (χ0v) is 25.2. The molecule has 3 aliphatic rings. The van der Waals surface area contributed by atoms with Crippen molar-refractivity contribution >= 4 is 18.5 Å². The fourth-order valence-electron chi connectivity index (χ4n) is 8.17. The van der Waals surface area contributed by atoms with Gasteiger partial charge in [0.25, 0.3) is 0 Å². The van der Waals surface area contributed by atoms with Crippen LogP contribution in [-0.2, 0) is 20.3 Å². The Morgan fingerprint density at radius 1 is 0.688 bits per heavy atom. The molecule has 4 bridgehead atoms. The van der Waals surface area contributed by atoms with Crippen LogP contribution >= 0.6 is 0 Å². The van der Waals surface area contributed by atoms with E-state index in [1.54, 1.807) is 54.9 Å². The molecule has 0 saturated heterocycles. The molecule has 2 aromatic rings. The van der Waals surface area contributed by atoms with Crippen LogP contribution in [0.3, 0.4) is 0 Å². The molecule has 0 amide bonds. The molecular weight excluding hydrogens is 480 g/mol. The summed E-state index contributed by atoms with van der Waals surface area (Å²) in [7, 11) is -1.90. The van der Waals surface area contributed by atoms with E-state index in [1.165, 1.54) is 0 Å². The van der Waals surface area contributed by atoms with E-state index in [-0.39, 0.29) is 0 Å². The Morgan fingerprint density at radius 3 is 1.41 bits per heavy atom. The van der Waals surface area contributed by atoms with Crippen molar-refractivity contribution in [1.29, 1.82) is 0 Å². The molecule has 5 rings (SSSR count). The van der Waals surface area contributed by atoms with Crippen molar-refractivity contribution in [2.75, 3.05) is 0 Å². The molecule has 2 aromatic carbocycles. The van der Waals surface area contributed by atoms with Gasteiger partial charge in [-0.15, -0.1) is 0 Å². The minimum absolute atomic E-state index is 0.571. The average molecular weight is 520 g/mol. The van der Waals surface area contributed by atoms with Gasteiger partial charge in [0.05, 0.1) is 0 Å². The van der Waals surface area contributed by atoms with Crippen molar-refractivity contribution < 1.29 is 20.3 Å². The van der Waals surface area contributed by atoms with Gasteiger partial charge in [-0.3, -0.25) is 0 Å². The number of benzene rings is 2. The van der Waals surface area contributed by atoms with Gasteiger partial charge in [-0.1, -0.05) is 0 Å². The first-order valence-corrected chi connectivity index (χ1v) is 23.4. The molecule has 32 heavy (non-hydrogen) atoms. The van der Waals surface area contributed by atoms with E-state index >= 15 is 0 Å². The molecule has 2 unspecified atom stereocenters. The maximum atomic E-state index is 2.76. The second-order valence-electron chi connectivity index (χ2n) is 12.4. The number of hydrogen-bond donors (Lipinski definition) is 0. The zero-order chi connectivity index (χ0) is 23.3. The van der Waals surface area contributed by atoms with Crippen molar-refractivity contribution in [2.45, 2.75) is 83.0 Å². The van der Waals surface area contributed by atoms with Gasteiger partial charge < -0.3 is 0 Å². The van der Waals surface area contributed by atoms with Crippen molar-refractivity contribution in [3.05, 3.63) is 80.9 Å². The third-order valence-corrected chi connectivity index (χ3v) is 23.8. The molecule has 1 heterocycles. The summed E-state index contributed by atoms with van der Waals surface area (Å²) < 4.78 is 6.94. The van der Waals surface area contributed by atoms with Crippen LogP contribution in [0.2, 0.25) is 22.4 Å².